The molecule has 1 aromatic rings. The van der Waals surface area contributed by atoms with Gasteiger partial charge in [-0.3, -0.25) is 4.79 Å². The van der Waals surface area contributed by atoms with Gasteiger partial charge in [-0.2, -0.15) is 0 Å². The minimum atomic E-state index is 0.0578. The molecule has 3 heteroatoms. The third kappa shape index (κ3) is 1.57. The van der Waals surface area contributed by atoms with Crippen LogP contribution in [0, 0.1) is 0 Å². The van der Waals surface area contributed by atoms with Crippen molar-refractivity contribution >= 4 is 21.7 Å². The maximum absolute atomic E-state index is 11.3. The van der Waals surface area contributed by atoms with E-state index in [2.05, 4.69) is 15.9 Å². The van der Waals surface area contributed by atoms with Gasteiger partial charge in [0.2, 0.25) is 0 Å². The zero-order chi connectivity index (χ0) is 10.1. The maximum Gasteiger partial charge on any atom is 0.140 e. The molecular formula is C11H11BrO2. The van der Waals surface area contributed by atoms with Crippen LogP contribution >= 0.6 is 15.9 Å². The molecule has 1 unspecified atom stereocenters. The van der Waals surface area contributed by atoms with Crippen molar-refractivity contribution in [3.8, 4) is 5.75 Å². The highest BCUT2D eigenvalue weighted by molar-refractivity contribution is 9.10. The van der Waals surface area contributed by atoms with Crippen LogP contribution < -0.4 is 4.74 Å². The van der Waals surface area contributed by atoms with E-state index in [1.807, 2.05) is 18.2 Å². The SMILES string of the molecule is COc1ccc(Br)cc1C1CCC1=O. The number of hydrogen-bond acceptors (Lipinski definition) is 2. The Kier molecular flexibility index (Phi) is 2.59. The molecule has 1 aliphatic carbocycles. The van der Waals surface area contributed by atoms with Crippen molar-refractivity contribution in [1.29, 1.82) is 0 Å². The molecule has 74 valence electrons. The predicted molar refractivity (Wildman–Crippen MR) is 57.7 cm³/mol. The average molecular weight is 255 g/mol. The first-order chi connectivity index (χ1) is 6.72. The fourth-order valence-corrected chi connectivity index (χ4v) is 2.09. The Morgan fingerprint density at radius 3 is 2.79 bits per heavy atom. The number of halogens is 1. The van der Waals surface area contributed by atoms with E-state index in [1.54, 1.807) is 7.11 Å². The van der Waals surface area contributed by atoms with Gasteiger partial charge in [0.1, 0.15) is 11.5 Å². The number of Topliss-reactive ketones (excluding diaryl/α,β-unsaturated/α-hetero) is 1. The summed E-state index contributed by atoms with van der Waals surface area (Å²) in [7, 11) is 1.63. The fourth-order valence-electron chi connectivity index (χ4n) is 1.71. The first-order valence-corrected chi connectivity index (χ1v) is 5.38. The van der Waals surface area contributed by atoms with Crippen LogP contribution in [0.25, 0.3) is 0 Å². The van der Waals surface area contributed by atoms with Gasteiger partial charge in [-0.1, -0.05) is 15.9 Å². The van der Waals surface area contributed by atoms with Gasteiger partial charge in [0.15, 0.2) is 0 Å². The van der Waals surface area contributed by atoms with Crippen molar-refractivity contribution in [2.75, 3.05) is 7.11 Å². The number of ether oxygens (including phenoxy) is 1. The van der Waals surface area contributed by atoms with Gasteiger partial charge in [-0.05, 0) is 24.6 Å². The molecule has 0 bridgehead atoms. The predicted octanol–water partition coefficient (Wildman–Crippen LogP) is 2.90. The lowest BCUT2D eigenvalue weighted by Crippen LogP contribution is -2.23. The van der Waals surface area contributed by atoms with Gasteiger partial charge >= 0.3 is 0 Å². The van der Waals surface area contributed by atoms with Crippen LogP contribution in [0.4, 0.5) is 0 Å². The van der Waals surface area contributed by atoms with Gasteiger partial charge in [0.25, 0.3) is 0 Å². The van der Waals surface area contributed by atoms with Crippen molar-refractivity contribution in [3.63, 3.8) is 0 Å². The summed E-state index contributed by atoms with van der Waals surface area (Å²) in [5, 5.41) is 0. The van der Waals surface area contributed by atoms with Crippen LogP contribution in [-0.2, 0) is 4.79 Å². The molecule has 1 fully saturated rings. The third-order valence-corrected chi connectivity index (χ3v) is 3.13. The lowest BCUT2D eigenvalue weighted by molar-refractivity contribution is -0.125. The van der Waals surface area contributed by atoms with Crippen LogP contribution in [-0.4, -0.2) is 12.9 Å². The van der Waals surface area contributed by atoms with Crippen molar-refractivity contribution in [1.82, 2.24) is 0 Å². The van der Waals surface area contributed by atoms with Gasteiger partial charge in [-0.15, -0.1) is 0 Å². The van der Waals surface area contributed by atoms with E-state index >= 15 is 0 Å². The first-order valence-electron chi connectivity index (χ1n) is 4.58. The Morgan fingerprint density at radius 1 is 1.50 bits per heavy atom. The Labute approximate surface area is 91.4 Å². The molecule has 0 N–H and O–H groups in total. The van der Waals surface area contributed by atoms with E-state index in [0.717, 1.165) is 22.2 Å². The molecular weight excluding hydrogens is 244 g/mol. The molecule has 0 aromatic heterocycles. The van der Waals surface area contributed by atoms with E-state index in [1.165, 1.54) is 0 Å². The number of carbonyl (C=O) groups is 1. The lowest BCUT2D eigenvalue weighted by Gasteiger charge is -2.25. The summed E-state index contributed by atoms with van der Waals surface area (Å²) in [5.74, 6) is 1.19. The standard InChI is InChI=1S/C11H11BrO2/c1-14-11-5-2-7(12)6-9(11)8-3-4-10(8)13/h2,5-6,8H,3-4H2,1H3. The van der Waals surface area contributed by atoms with Crippen LogP contribution in [0.5, 0.6) is 5.75 Å². The highest BCUT2D eigenvalue weighted by Crippen LogP contribution is 2.39. The average Bonchev–Trinajstić information content (AvgIpc) is 2.16. The Bertz CT molecular complexity index is 374. The van der Waals surface area contributed by atoms with E-state index in [0.29, 0.717) is 12.2 Å². The molecule has 1 atom stereocenters. The Balaban J connectivity index is 2.39. The minimum absolute atomic E-state index is 0.0578. The summed E-state index contributed by atoms with van der Waals surface area (Å²) in [5.41, 5.74) is 1.01. The third-order valence-electron chi connectivity index (χ3n) is 2.64. The minimum Gasteiger partial charge on any atom is -0.496 e. The lowest BCUT2D eigenvalue weighted by atomic mass is 9.78. The summed E-state index contributed by atoms with van der Waals surface area (Å²) >= 11 is 3.40. The smallest absolute Gasteiger partial charge is 0.140 e. The van der Waals surface area contributed by atoms with Crippen LogP contribution in [0.15, 0.2) is 22.7 Å². The van der Waals surface area contributed by atoms with Gasteiger partial charge < -0.3 is 4.74 Å². The highest BCUT2D eigenvalue weighted by atomic mass is 79.9. The fraction of sp³-hybridized carbons (Fsp3) is 0.364. The monoisotopic (exact) mass is 254 g/mol. The summed E-state index contributed by atoms with van der Waals surface area (Å²) < 4.78 is 6.23. The molecule has 2 rings (SSSR count). The van der Waals surface area contributed by atoms with Crippen molar-refractivity contribution < 1.29 is 9.53 Å². The molecule has 0 saturated heterocycles. The normalized spacial score (nSPS) is 20.4. The molecule has 0 radical (unpaired) electrons. The maximum atomic E-state index is 11.3. The molecule has 1 aliphatic rings. The van der Waals surface area contributed by atoms with Crippen molar-refractivity contribution in [2.24, 2.45) is 0 Å². The molecule has 2 nitrogen and oxygen atoms in total. The highest BCUT2D eigenvalue weighted by Gasteiger charge is 2.31. The van der Waals surface area contributed by atoms with Gasteiger partial charge in [0.05, 0.1) is 7.11 Å². The summed E-state index contributed by atoms with van der Waals surface area (Å²) in [6.45, 7) is 0. The summed E-state index contributed by atoms with van der Waals surface area (Å²) in [6, 6.07) is 5.79. The number of hydrogen-bond donors (Lipinski definition) is 0. The van der Waals surface area contributed by atoms with Crippen LogP contribution in [0.2, 0.25) is 0 Å². The molecule has 1 aromatic carbocycles. The Hall–Kier alpha value is -0.830. The van der Waals surface area contributed by atoms with Crippen LogP contribution in [0.1, 0.15) is 24.3 Å². The topological polar surface area (TPSA) is 26.3 Å². The van der Waals surface area contributed by atoms with E-state index in [4.69, 9.17) is 4.74 Å². The molecule has 0 spiro atoms. The number of benzene rings is 1. The first kappa shape index (κ1) is 9.71. The van der Waals surface area contributed by atoms with E-state index in [9.17, 15) is 4.79 Å². The van der Waals surface area contributed by atoms with Crippen LogP contribution in [0.3, 0.4) is 0 Å². The van der Waals surface area contributed by atoms with E-state index < -0.39 is 0 Å². The van der Waals surface area contributed by atoms with Crippen molar-refractivity contribution in [3.05, 3.63) is 28.2 Å². The number of methoxy groups -OCH3 is 1. The van der Waals surface area contributed by atoms with Gasteiger partial charge in [0, 0.05) is 22.4 Å². The summed E-state index contributed by atoms with van der Waals surface area (Å²) in [4.78, 5) is 11.3. The van der Waals surface area contributed by atoms with Crippen molar-refractivity contribution in [2.45, 2.75) is 18.8 Å². The number of ketones is 1. The molecule has 0 amide bonds. The quantitative estimate of drug-likeness (QED) is 0.812. The Morgan fingerprint density at radius 2 is 2.29 bits per heavy atom. The van der Waals surface area contributed by atoms with Gasteiger partial charge in [-0.25, -0.2) is 0 Å². The number of carbonyl (C=O) groups excluding carboxylic acids is 1. The zero-order valence-corrected chi connectivity index (χ0v) is 9.50. The number of rotatable bonds is 2. The zero-order valence-electron chi connectivity index (χ0n) is 7.92. The molecule has 0 heterocycles. The molecule has 1 saturated carbocycles. The second kappa shape index (κ2) is 3.73. The second-order valence-electron chi connectivity index (χ2n) is 3.44. The second-order valence-corrected chi connectivity index (χ2v) is 4.36. The largest absolute Gasteiger partial charge is 0.496 e. The molecule has 0 aliphatic heterocycles. The van der Waals surface area contributed by atoms with E-state index in [-0.39, 0.29) is 5.92 Å². The summed E-state index contributed by atoms with van der Waals surface area (Å²) in [6.07, 6.45) is 1.66. The molecule has 14 heavy (non-hydrogen) atoms.